The molecule has 102 valence electrons. The van der Waals surface area contributed by atoms with Crippen molar-refractivity contribution in [2.75, 3.05) is 7.05 Å². The molecule has 1 amide bonds. The first-order valence-electron chi connectivity index (χ1n) is 6.04. The Morgan fingerprint density at radius 1 is 1.58 bits per heavy atom. The quantitative estimate of drug-likeness (QED) is 0.900. The lowest BCUT2D eigenvalue weighted by Crippen LogP contribution is -2.51. The van der Waals surface area contributed by atoms with E-state index in [0.717, 1.165) is 0 Å². The number of carbonyl (C=O) groups is 1. The van der Waals surface area contributed by atoms with E-state index in [1.807, 2.05) is 13.0 Å². The van der Waals surface area contributed by atoms with Crippen molar-refractivity contribution in [3.63, 3.8) is 0 Å². The van der Waals surface area contributed by atoms with Crippen LogP contribution in [0.15, 0.2) is 18.2 Å². The minimum absolute atomic E-state index is 0.0903. The van der Waals surface area contributed by atoms with E-state index < -0.39 is 11.4 Å². The molecule has 0 bridgehead atoms. The molecule has 0 aromatic heterocycles. The van der Waals surface area contributed by atoms with Gasteiger partial charge >= 0.3 is 0 Å². The van der Waals surface area contributed by atoms with Crippen LogP contribution in [0.1, 0.15) is 31.4 Å². The topological polar surface area (TPSA) is 70.1 Å². The number of nitriles is 1. The number of hydrogen-bond donors (Lipinski definition) is 1. The van der Waals surface area contributed by atoms with E-state index in [1.165, 1.54) is 23.1 Å². The number of nitrogens with two attached hydrogens (primary N) is 1. The van der Waals surface area contributed by atoms with E-state index in [-0.39, 0.29) is 12.5 Å². The Bertz CT molecular complexity index is 520. The van der Waals surface area contributed by atoms with E-state index in [2.05, 4.69) is 0 Å². The monoisotopic (exact) mass is 263 g/mol. The number of nitrogens with zero attached hydrogens (tertiary/aromatic N) is 2. The molecule has 0 aliphatic heterocycles. The maximum Gasteiger partial charge on any atom is 0.242 e. The summed E-state index contributed by atoms with van der Waals surface area (Å²) in [6, 6.07) is 6.02. The van der Waals surface area contributed by atoms with E-state index in [4.69, 9.17) is 11.0 Å². The van der Waals surface area contributed by atoms with Gasteiger partial charge in [0, 0.05) is 19.2 Å². The minimum Gasteiger partial charge on any atom is -0.340 e. The number of carbonyl (C=O) groups excluding carboxylic acids is 1. The van der Waals surface area contributed by atoms with Crippen molar-refractivity contribution in [2.45, 2.75) is 32.4 Å². The van der Waals surface area contributed by atoms with Crippen molar-refractivity contribution in [1.82, 2.24) is 4.90 Å². The van der Waals surface area contributed by atoms with Crippen molar-refractivity contribution in [2.24, 2.45) is 5.73 Å². The van der Waals surface area contributed by atoms with Gasteiger partial charge in [0.15, 0.2) is 0 Å². The number of benzene rings is 1. The number of hydrogen-bond acceptors (Lipinski definition) is 3. The third kappa shape index (κ3) is 3.52. The predicted molar refractivity (Wildman–Crippen MR) is 70.5 cm³/mol. The van der Waals surface area contributed by atoms with Crippen LogP contribution in [-0.4, -0.2) is 23.4 Å². The van der Waals surface area contributed by atoms with Gasteiger partial charge in [-0.15, -0.1) is 0 Å². The molecule has 4 nitrogen and oxygen atoms in total. The summed E-state index contributed by atoms with van der Waals surface area (Å²) in [5, 5.41) is 8.79. The van der Waals surface area contributed by atoms with Gasteiger partial charge in [0.25, 0.3) is 0 Å². The smallest absolute Gasteiger partial charge is 0.242 e. The fourth-order valence-corrected chi connectivity index (χ4v) is 1.68. The molecule has 0 heterocycles. The van der Waals surface area contributed by atoms with Gasteiger partial charge in [-0.1, -0.05) is 6.92 Å². The molecular formula is C14H18FN3O. The van der Waals surface area contributed by atoms with Crippen LogP contribution in [0.3, 0.4) is 0 Å². The number of rotatable bonds is 4. The standard InChI is InChI=1S/C14H18FN3O/c1-4-14(2,17)13(19)18(3)9-11-7-10(8-16)5-6-12(11)15/h5-7H,4,9,17H2,1-3H3. The Balaban J connectivity index is 2.91. The van der Waals surface area contributed by atoms with Gasteiger partial charge in [0.2, 0.25) is 5.91 Å². The molecule has 0 saturated heterocycles. The van der Waals surface area contributed by atoms with E-state index in [9.17, 15) is 9.18 Å². The van der Waals surface area contributed by atoms with Gasteiger partial charge < -0.3 is 10.6 Å². The van der Waals surface area contributed by atoms with Crippen molar-refractivity contribution in [3.8, 4) is 6.07 Å². The summed E-state index contributed by atoms with van der Waals surface area (Å²) in [4.78, 5) is 13.5. The fourth-order valence-electron chi connectivity index (χ4n) is 1.68. The van der Waals surface area contributed by atoms with Crippen LogP contribution in [0, 0.1) is 17.1 Å². The summed E-state index contributed by atoms with van der Waals surface area (Å²) in [5.74, 6) is -0.689. The summed E-state index contributed by atoms with van der Waals surface area (Å²) in [6.45, 7) is 3.56. The third-order valence-electron chi connectivity index (χ3n) is 3.15. The maximum atomic E-state index is 13.6. The molecule has 1 rings (SSSR count). The molecule has 2 N–H and O–H groups in total. The van der Waals surface area contributed by atoms with Crippen molar-refractivity contribution in [3.05, 3.63) is 35.1 Å². The van der Waals surface area contributed by atoms with Crippen LogP contribution in [0.2, 0.25) is 0 Å². The average molecular weight is 263 g/mol. The molecular weight excluding hydrogens is 245 g/mol. The third-order valence-corrected chi connectivity index (χ3v) is 3.15. The highest BCUT2D eigenvalue weighted by Crippen LogP contribution is 2.15. The largest absolute Gasteiger partial charge is 0.340 e. The summed E-state index contributed by atoms with van der Waals surface area (Å²) in [5.41, 5.74) is 5.58. The lowest BCUT2D eigenvalue weighted by molar-refractivity contribution is -0.135. The Kier molecular flexibility index (Phi) is 4.62. The minimum atomic E-state index is -0.960. The second-order valence-corrected chi connectivity index (χ2v) is 4.85. The fraction of sp³-hybridized carbons (Fsp3) is 0.429. The normalized spacial score (nSPS) is 13.5. The zero-order valence-electron chi connectivity index (χ0n) is 11.4. The van der Waals surface area contributed by atoms with Gasteiger partial charge in [-0.2, -0.15) is 5.26 Å². The molecule has 0 spiro atoms. The molecule has 0 fully saturated rings. The molecule has 5 heteroatoms. The second kappa shape index (κ2) is 5.81. The van der Waals surface area contributed by atoms with Crippen molar-refractivity contribution in [1.29, 1.82) is 5.26 Å². The van der Waals surface area contributed by atoms with Crippen molar-refractivity contribution >= 4 is 5.91 Å². The van der Waals surface area contributed by atoms with Crippen LogP contribution in [-0.2, 0) is 11.3 Å². The van der Waals surface area contributed by atoms with E-state index in [0.29, 0.717) is 17.5 Å². The van der Waals surface area contributed by atoms with E-state index in [1.54, 1.807) is 14.0 Å². The summed E-state index contributed by atoms with van der Waals surface area (Å²) in [6.07, 6.45) is 0.497. The molecule has 1 aromatic rings. The molecule has 0 radical (unpaired) electrons. The van der Waals surface area contributed by atoms with Gasteiger partial charge in [0.05, 0.1) is 17.2 Å². The lowest BCUT2D eigenvalue weighted by Gasteiger charge is -2.28. The molecule has 1 atom stereocenters. The van der Waals surface area contributed by atoms with Gasteiger partial charge in [-0.05, 0) is 31.5 Å². The highest BCUT2D eigenvalue weighted by atomic mass is 19.1. The first-order valence-corrected chi connectivity index (χ1v) is 6.04. The zero-order chi connectivity index (χ0) is 14.6. The van der Waals surface area contributed by atoms with Crippen LogP contribution in [0.5, 0.6) is 0 Å². The number of amides is 1. The molecule has 19 heavy (non-hydrogen) atoms. The SMILES string of the molecule is CCC(C)(N)C(=O)N(C)Cc1cc(C#N)ccc1F. The van der Waals surface area contributed by atoms with Crippen LogP contribution < -0.4 is 5.73 Å². The average Bonchev–Trinajstić information content (AvgIpc) is 2.40. The highest BCUT2D eigenvalue weighted by molar-refractivity contribution is 5.85. The molecule has 0 aliphatic carbocycles. The lowest BCUT2D eigenvalue weighted by atomic mass is 9.98. The molecule has 0 aliphatic rings. The first-order chi connectivity index (χ1) is 8.81. The summed E-state index contributed by atoms with van der Waals surface area (Å²) < 4.78 is 13.6. The van der Waals surface area contributed by atoms with Gasteiger partial charge in [0.1, 0.15) is 5.82 Å². The van der Waals surface area contributed by atoms with Crippen LogP contribution in [0.4, 0.5) is 4.39 Å². The Morgan fingerprint density at radius 3 is 2.74 bits per heavy atom. The maximum absolute atomic E-state index is 13.6. The van der Waals surface area contributed by atoms with Gasteiger partial charge in [-0.25, -0.2) is 4.39 Å². The predicted octanol–water partition coefficient (Wildman–Crippen LogP) is 1.78. The Labute approximate surface area is 112 Å². The Hall–Kier alpha value is -1.93. The Morgan fingerprint density at radius 2 is 2.21 bits per heavy atom. The molecule has 1 aromatic carbocycles. The van der Waals surface area contributed by atoms with Crippen LogP contribution in [0.25, 0.3) is 0 Å². The second-order valence-electron chi connectivity index (χ2n) is 4.85. The summed E-state index contributed by atoms with van der Waals surface area (Å²) >= 11 is 0. The zero-order valence-corrected chi connectivity index (χ0v) is 11.4. The highest BCUT2D eigenvalue weighted by Gasteiger charge is 2.29. The number of halogens is 1. The first kappa shape index (κ1) is 15.1. The van der Waals surface area contributed by atoms with E-state index >= 15 is 0 Å². The number of likely N-dealkylation sites (N-methyl/N-ethyl adjacent to an activating group) is 1. The molecule has 1 unspecified atom stereocenters. The molecule has 0 saturated carbocycles. The summed E-state index contributed by atoms with van der Waals surface area (Å²) in [7, 11) is 1.57. The van der Waals surface area contributed by atoms with Gasteiger partial charge in [-0.3, -0.25) is 4.79 Å². The van der Waals surface area contributed by atoms with Crippen molar-refractivity contribution < 1.29 is 9.18 Å². The van der Waals surface area contributed by atoms with Crippen LogP contribution >= 0.6 is 0 Å².